The van der Waals surface area contributed by atoms with Crippen molar-refractivity contribution in [3.8, 4) is 11.3 Å². The summed E-state index contributed by atoms with van der Waals surface area (Å²) < 4.78 is 23.9. The van der Waals surface area contributed by atoms with E-state index in [2.05, 4.69) is 20.2 Å². The van der Waals surface area contributed by atoms with Crippen LogP contribution in [0.5, 0.6) is 0 Å². The molecule has 4 rings (SSSR count). The van der Waals surface area contributed by atoms with Crippen molar-refractivity contribution in [1.29, 1.82) is 0 Å². The van der Waals surface area contributed by atoms with E-state index in [0.717, 1.165) is 11.3 Å². The van der Waals surface area contributed by atoms with Gasteiger partial charge in [0.2, 0.25) is 5.89 Å². The predicted molar refractivity (Wildman–Crippen MR) is 82.5 cm³/mol. The summed E-state index contributed by atoms with van der Waals surface area (Å²) in [6, 6.07) is 6.23. The number of hydrogen-bond acceptors (Lipinski definition) is 7. The SMILES string of the molecule is NC(=O)c1noc(CN2CCc3onc(-c4cccc(F)c4)c3C2)n1. The topological polar surface area (TPSA) is 111 Å². The first-order valence-electron chi connectivity index (χ1n) is 7.68. The highest BCUT2D eigenvalue weighted by atomic mass is 19.1. The molecule has 1 aliphatic rings. The minimum absolute atomic E-state index is 0.141. The number of carbonyl (C=O) groups excluding carboxylic acids is 1. The summed E-state index contributed by atoms with van der Waals surface area (Å²) in [6.07, 6.45) is 0.661. The Morgan fingerprint density at radius 2 is 2.20 bits per heavy atom. The molecule has 0 bridgehead atoms. The van der Waals surface area contributed by atoms with Crippen LogP contribution in [-0.2, 0) is 19.5 Å². The Hall–Kier alpha value is -3.07. The van der Waals surface area contributed by atoms with E-state index < -0.39 is 5.91 Å². The Balaban J connectivity index is 1.56. The van der Waals surface area contributed by atoms with Gasteiger partial charge in [0.15, 0.2) is 0 Å². The van der Waals surface area contributed by atoms with Crippen LogP contribution in [0, 0.1) is 5.82 Å². The number of fused-ring (bicyclic) bond motifs is 1. The number of primary amides is 1. The zero-order valence-corrected chi connectivity index (χ0v) is 13.1. The van der Waals surface area contributed by atoms with Gasteiger partial charge >= 0.3 is 0 Å². The maximum Gasteiger partial charge on any atom is 0.290 e. The molecule has 0 unspecified atom stereocenters. The van der Waals surface area contributed by atoms with Crippen molar-refractivity contribution in [1.82, 2.24) is 20.2 Å². The molecule has 8 nitrogen and oxygen atoms in total. The van der Waals surface area contributed by atoms with Crippen molar-refractivity contribution in [2.75, 3.05) is 6.54 Å². The van der Waals surface area contributed by atoms with Crippen LogP contribution in [0.15, 0.2) is 33.3 Å². The van der Waals surface area contributed by atoms with Crippen LogP contribution >= 0.6 is 0 Å². The Kier molecular flexibility index (Phi) is 3.77. The maximum atomic E-state index is 13.5. The summed E-state index contributed by atoms with van der Waals surface area (Å²) in [5.74, 6) is -0.104. The van der Waals surface area contributed by atoms with Crippen LogP contribution in [0.1, 0.15) is 27.8 Å². The number of amides is 1. The monoisotopic (exact) mass is 343 g/mol. The maximum absolute atomic E-state index is 13.5. The van der Waals surface area contributed by atoms with Crippen molar-refractivity contribution >= 4 is 5.91 Å². The molecule has 128 valence electrons. The third-order valence-electron chi connectivity index (χ3n) is 4.05. The molecule has 2 N–H and O–H groups in total. The van der Waals surface area contributed by atoms with Gasteiger partial charge in [-0.15, -0.1) is 0 Å². The van der Waals surface area contributed by atoms with Gasteiger partial charge < -0.3 is 14.8 Å². The zero-order valence-electron chi connectivity index (χ0n) is 13.1. The van der Waals surface area contributed by atoms with E-state index in [4.69, 9.17) is 14.8 Å². The molecule has 0 radical (unpaired) electrons. The molecule has 1 amide bonds. The number of hydrogen-bond donors (Lipinski definition) is 1. The highest BCUT2D eigenvalue weighted by molar-refractivity contribution is 5.88. The van der Waals surface area contributed by atoms with E-state index >= 15 is 0 Å². The first-order chi connectivity index (χ1) is 12.1. The molecule has 9 heteroatoms. The van der Waals surface area contributed by atoms with Crippen LogP contribution < -0.4 is 5.73 Å². The molecule has 0 aliphatic carbocycles. The van der Waals surface area contributed by atoms with E-state index in [1.165, 1.54) is 12.1 Å². The molecule has 1 aromatic carbocycles. The second-order valence-electron chi connectivity index (χ2n) is 5.78. The molecule has 0 atom stereocenters. The fourth-order valence-corrected chi connectivity index (χ4v) is 2.87. The minimum atomic E-state index is -0.733. The third kappa shape index (κ3) is 3.01. The van der Waals surface area contributed by atoms with Gasteiger partial charge in [0, 0.05) is 30.6 Å². The zero-order chi connectivity index (χ0) is 17.4. The Morgan fingerprint density at radius 3 is 2.96 bits per heavy atom. The average molecular weight is 343 g/mol. The van der Waals surface area contributed by atoms with E-state index in [1.54, 1.807) is 12.1 Å². The summed E-state index contributed by atoms with van der Waals surface area (Å²) in [6.45, 7) is 1.62. The van der Waals surface area contributed by atoms with Gasteiger partial charge in [-0.3, -0.25) is 9.69 Å². The molecule has 0 saturated heterocycles. The van der Waals surface area contributed by atoms with Crippen molar-refractivity contribution in [3.63, 3.8) is 0 Å². The molecule has 3 heterocycles. The molecular formula is C16H14FN5O3. The number of nitrogens with zero attached hydrogens (tertiary/aromatic N) is 4. The lowest BCUT2D eigenvalue weighted by atomic mass is 10.0. The summed E-state index contributed by atoms with van der Waals surface area (Å²) in [4.78, 5) is 17.0. The van der Waals surface area contributed by atoms with Crippen molar-refractivity contribution in [2.45, 2.75) is 19.5 Å². The molecule has 1 aliphatic heterocycles. The molecule has 0 spiro atoms. The van der Waals surface area contributed by atoms with Crippen LogP contribution in [0.3, 0.4) is 0 Å². The number of nitrogens with two attached hydrogens (primary N) is 1. The second-order valence-corrected chi connectivity index (χ2v) is 5.78. The van der Waals surface area contributed by atoms with Crippen molar-refractivity contribution in [2.24, 2.45) is 5.73 Å². The Morgan fingerprint density at radius 1 is 1.32 bits per heavy atom. The average Bonchev–Trinajstić information content (AvgIpc) is 3.21. The minimum Gasteiger partial charge on any atom is -0.363 e. The van der Waals surface area contributed by atoms with Crippen LogP contribution in [0.4, 0.5) is 4.39 Å². The highest BCUT2D eigenvalue weighted by Gasteiger charge is 2.26. The van der Waals surface area contributed by atoms with E-state index in [1.807, 2.05) is 0 Å². The lowest BCUT2D eigenvalue weighted by Gasteiger charge is -2.24. The quantitative estimate of drug-likeness (QED) is 0.764. The number of benzene rings is 1. The molecule has 0 fully saturated rings. The number of rotatable bonds is 4. The molecule has 3 aromatic rings. The van der Waals surface area contributed by atoms with Gasteiger partial charge in [-0.2, -0.15) is 4.98 Å². The van der Waals surface area contributed by atoms with Gasteiger partial charge in [-0.1, -0.05) is 22.4 Å². The lowest BCUT2D eigenvalue weighted by Crippen LogP contribution is -2.29. The molecular weight excluding hydrogens is 329 g/mol. The number of carbonyl (C=O) groups is 1. The van der Waals surface area contributed by atoms with Gasteiger partial charge in [0.05, 0.1) is 6.54 Å². The predicted octanol–water partition coefficient (Wildman–Crippen LogP) is 1.52. The summed E-state index contributed by atoms with van der Waals surface area (Å²) in [5, 5.41) is 7.63. The molecule has 2 aromatic heterocycles. The normalized spacial score (nSPS) is 14.4. The smallest absolute Gasteiger partial charge is 0.290 e. The van der Waals surface area contributed by atoms with Crippen molar-refractivity contribution < 1.29 is 18.2 Å². The lowest BCUT2D eigenvalue weighted by molar-refractivity contribution is 0.0987. The standard InChI is InChI=1S/C16H14FN5O3/c17-10-3-1-2-9(6-10)14-11-7-22(5-4-12(11)24-20-14)8-13-19-16(15(18)23)21-25-13/h1-3,6H,4-5,7-8H2,(H2,18,23). The largest absolute Gasteiger partial charge is 0.363 e. The van der Waals surface area contributed by atoms with Crippen LogP contribution in [0.2, 0.25) is 0 Å². The Bertz CT molecular complexity index is 936. The summed E-state index contributed by atoms with van der Waals surface area (Å²) in [5.41, 5.74) is 7.32. The fourth-order valence-electron chi connectivity index (χ4n) is 2.87. The van der Waals surface area contributed by atoms with Gasteiger partial charge in [-0.25, -0.2) is 4.39 Å². The van der Waals surface area contributed by atoms with E-state index in [0.29, 0.717) is 43.2 Å². The van der Waals surface area contributed by atoms with Gasteiger partial charge in [-0.05, 0) is 12.1 Å². The summed E-state index contributed by atoms with van der Waals surface area (Å²) in [7, 11) is 0. The molecule has 0 saturated carbocycles. The second kappa shape index (κ2) is 6.10. The molecule has 25 heavy (non-hydrogen) atoms. The third-order valence-corrected chi connectivity index (χ3v) is 4.05. The van der Waals surface area contributed by atoms with E-state index in [9.17, 15) is 9.18 Å². The van der Waals surface area contributed by atoms with Crippen LogP contribution in [0.25, 0.3) is 11.3 Å². The summed E-state index contributed by atoms with van der Waals surface area (Å²) >= 11 is 0. The fraction of sp³-hybridized carbons (Fsp3) is 0.250. The number of aromatic nitrogens is 3. The Labute approximate surface area is 141 Å². The van der Waals surface area contributed by atoms with Gasteiger partial charge in [0.25, 0.3) is 11.7 Å². The highest BCUT2D eigenvalue weighted by Crippen LogP contribution is 2.30. The van der Waals surface area contributed by atoms with E-state index in [-0.39, 0.29) is 11.6 Å². The van der Waals surface area contributed by atoms with Crippen molar-refractivity contribution in [3.05, 3.63) is 53.1 Å². The van der Waals surface area contributed by atoms with Gasteiger partial charge in [0.1, 0.15) is 17.3 Å². The first kappa shape index (κ1) is 15.5. The van der Waals surface area contributed by atoms with Crippen LogP contribution in [-0.4, -0.2) is 32.6 Å². The first-order valence-corrected chi connectivity index (χ1v) is 7.68. The number of halogens is 1.